The number of rotatable bonds is 6. The van der Waals surface area contributed by atoms with Gasteiger partial charge in [0.15, 0.2) is 0 Å². The normalized spacial score (nSPS) is 16.1. The second-order valence-electron chi connectivity index (χ2n) is 6.69. The van der Waals surface area contributed by atoms with Crippen LogP contribution in [-0.2, 0) is 21.2 Å². The number of nitrogens with one attached hydrogen (secondary N) is 1. The van der Waals surface area contributed by atoms with Crippen LogP contribution in [0.3, 0.4) is 0 Å². The Morgan fingerprint density at radius 2 is 2.07 bits per heavy atom. The van der Waals surface area contributed by atoms with Gasteiger partial charge in [0.25, 0.3) is 0 Å². The monoisotopic (exact) mass is 441 g/mol. The van der Waals surface area contributed by atoms with Crippen LogP contribution in [0.5, 0.6) is 5.88 Å². The lowest BCUT2D eigenvalue weighted by molar-refractivity contribution is -0.117. The predicted molar refractivity (Wildman–Crippen MR) is 110 cm³/mol. The number of amides is 1. The van der Waals surface area contributed by atoms with Crippen LogP contribution < -0.4 is 14.4 Å². The van der Waals surface area contributed by atoms with E-state index in [1.165, 1.54) is 24.0 Å². The zero-order valence-corrected chi connectivity index (χ0v) is 17.6. The van der Waals surface area contributed by atoms with E-state index in [4.69, 9.17) is 16.3 Å². The molecule has 1 aliphatic heterocycles. The summed E-state index contributed by atoms with van der Waals surface area (Å²) in [5.74, 6) is -0.746. The van der Waals surface area contributed by atoms with Crippen molar-refractivity contribution >= 4 is 39.0 Å². The van der Waals surface area contributed by atoms with E-state index < -0.39 is 10.0 Å². The molecule has 0 saturated heterocycles. The number of hydrogen-bond donors (Lipinski definition) is 1. The van der Waals surface area contributed by atoms with Crippen molar-refractivity contribution in [3.63, 3.8) is 0 Å². The number of fused-ring (bicyclic) bond motifs is 1. The molecule has 1 aromatic heterocycles. The standard InChI is InChI=1S/C19H21ClFN3O4S/c1-3-29(26,27)23-18-14(8-13-4-6-15(21)7-5-13)9-16-19(22-18)28-11-12(2)24(16)17(25)10-20/h4-7,9,12H,3,8,10-11H2,1-2H3,(H,22,23)/t12-/m0/s1. The molecule has 29 heavy (non-hydrogen) atoms. The van der Waals surface area contributed by atoms with Crippen LogP contribution in [0.25, 0.3) is 0 Å². The molecule has 1 N–H and O–H groups in total. The fourth-order valence-corrected chi connectivity index (χ4v) is 3.77. The first kappa shape index (κ1) is 21.3. The second kappa shape index (κ2) is 8.54. The van der Waals surface area contributed by atoms with Crippen molar-refractivity contribution in [2.24, 2.45) is 0 Å². The number of nitrogens with zero attached hydrogens (tertiary/aromatic N) is 2. The van der Waals surface area contributed by atoms with E-state index in [0.29, 0.717) is 11.3 Å². The van der Waals surface area contributed by atoms with E-state index in [1.807, 2.05) is 6.92 Å². The maximum absolute atomic E-state index is 13.2. The Hall–Kier alpha value is -2.39. The molecule has 0 unspecified atom stereocenters. The minimum absolute atomic E-state index is 0.114. The van der Waals surface area contributed by atoms with E-state index >= 15 is 0 Å². The first-order valence-electron chi connectivity index (χ1n) is 9.03. The van der Waals surface area contributed by atoms with Gasteiger partial charge in [-0.3, -0.25) is 9.52 Å². The summed E-state index contributed by atoms with van der Waals surface area (Å²) in [5.41, 5.74) is 1.70. The Morgan fingerprint density at radius 3 is 2.69 bits per heavy atom. The highest BCUT2D eigenvalue weighted by Crippen LogP contribution is 2.37. The van der Waals surface area contributed by atoms with Gasteiger partial charge in [0.1, 0.15) is 29.8 Å². The first-order valence-corrected chi connectivity index (χ1v) is 11.2. The van der Waals surface area contributed by atoms with E-state index in [2.05, 4.69) is 9.71 Å². The highest BCUT2D eigenvalue weighted by molar-refractivity contribution is 7.92. The molecule has 156 valence electrons. The van der Waals surface area contributed by atoms with Crippen molar-refractivity contribution in [2.75, 3.05) is 27.9 Å². The molecule has 0 spiro atoms. The number of benzene rings is 1. The summed E-state index contributed by atoms with van der Waals surface area (Å²) in [5, 5.41) is 0. The Morgan fingerprint density at radius 1 is 1.38 bits per heavy atom. The summed E-state index contributed by atoms with van der Waals surface area (Å²) in [6.45, 7) is 3.54. The van der Waals surface area contributed by atoms with Crippen molar-refractivity contribution in [1.82, 2.24) is 4.98 Å². The van der Waals surface area contributed by atoms with Gasteiger partial charge in [-0.25, -0.2) is 12.8 Å². The molecule has 0 radical (unpaired) electrons. The molecule has 1 aliphatic rings. The molecule has 0 aliphatic carbocycles. The van der Waals surface area contributed by atoms with Gasteiger partial charge in [-0.15, -0.1) is 11.6 Å². The molecule has 3 rings (SSSR count). The van der Waals surface area contributed by atoms with Crippen molar-refractivity contribution in [3.8, 4) is 5.88 Å². The lowest BCUT2D eigenvalue weighted by Crippen LogP contribution is -2.46. The van der Waals surface area contributed by atoms with Gasteiger partial charge in [-0.05, 0) is 37.6 Å². The molecule has 1 aromatic carbocycles. The average Bonchev–Trinajstić information content (AvgIpc) is 2.69. The van der Waals surface area contributed by atoms with Crippen molar-refractivity contribution in [1.29, 1.82) is 0 Å². The van der Waals surface area contributed by atoms with Crippen LogP contribution in [0.2, 0.25) is 0 Å². The average molecular weight is 442 g/mol. The third kappa shape index (κ3) is 4.79. The summed E-state index contributed by atoms with van der Waals surface area (Å²) < 4.78 is 45.6. The topological polar surface area (TPSA) is 88.6 Å². The predicted octanol–water partition coefficient (Wildman–Crippen LogP) is 2.93. The molecule has 0 bridgehead atoms. The number of halogens is 2. The second-order valence-corrected chi connectivity index (χ2v) is 8.96. The number of carbonyl (C=O) groups excluding carboxylic acids is 1. The highest BCUT2D eigenvalue weighted by Gasteiger charge is 2.31. The lowest BCUT2D eigenvalue weighted by Gasteiger charge is -2.34. The number of sulfonamides is 1. The summed E-state index contributed by atoms with van der Waals surface area (Å²) in [6, 6.07) is 7.27. The van der Waals surface area contributed by atoms with E-state index in [0.717, 1.165) is 5.56 Å². The maximum Gasteiger partial charge on any atom is 0.242 e. The van der Waals surface area contributed by atoms with Crippen molar-refractivity contribution in [2.45, 2.75) is 26.3 Å². The van der Waals surface area contributed by atoms with E-state index in [9.17, 15) is 17.6 Å². The SMILES string of the molecule is CCS(=O)(=O)Nc1nc2c(cc1Cc1ccc(F)cc1)N(C(=O)CCl)[C@@H](C)CO2. The number of anilines is 2. The fraction of sp³-hybridized carbons (Fsp3) is 0.368. The van der Waals surface area contributed by atoms with Crippen molar-refractivity contribution < 1.29 is 22.3 Å². The minimum atomic E-state index is -3.60. The van der Waals surface area contributed by atoms with Gasteiger partial charge >= 0.3 is 0 Å². The van der Waals surface area contributed by atoms with Gasteiger partial charge in [0, 0.05) is 12.0 Å². The number of hydrogen-bond acceptors (Lipinski definition) is 5. The molecule has 0 saturated carbocycles. The number of aromatic nitrogens is 1. The van der Waals surface area contributed by atoms with Crippen LogP contribution in [0, 0.1) is 5.82 Å². The maximum atomic E-state index is 13.2. The number of alkyl halides is 1. The van der Waals surface area contributed by atoms with Crippen LogP contribution in [0.15, 0.2) is 30.3 Å². The molecule has 1 atom stereocenters. The summed E-state index contributed by atoms with van der Waals surface area (Å²) >= 11 is 5.76. The van der Waals surface area contributed by atoms with Crippen LogP contribution >= 0.6 is 11.6 Å². The van der Waals surface area contributed by atoms with Gasteiger partial charge in [-0.2, -0.15) is 4.98 Å². The molecule has 1 amide bonds. The zero-order chi connectivity index (χ0) is 21.2. The summed E-state index contributed by atoms with van der Waals surface area (Å²) in [4.78, 5) is 18.2. The number of pyridine rings is 1. The highest BCUT2D eigenvalue weighted by atomic mass is 35.5. The Balaban J connectivity index is 2.10. The quantitative estimate of drug-likeness (QED) is 0.696. The molecule has 2 heterocycles. The molecular weight excluding hydrogens is 421 g/mol. The summed E-state index contributed by atoms with van der Waals surface area (Å²) in [6.07, 6.45) is 0.277. The fourth-order valence-electron chi connectivity index (χ4n) is 3.03. The van der Waals surface area contributed by atoms with Gasteiger partial charge in [0.2, 0.25) is 21.8 Å². The van der Waals surface area contributed by atoms with E-state index in [1.54, 1.807) is 18.2 Å². The van der Waals surface area contributed by atoms with Gasteiger partial charge in [-0.1, -0.05) is 12.1 Å². The smallest absolute Gasteiger partial charge is 0.242 e. The van der Waals surface area contributed by atoms with Crippen LogP contribution in [0.4, 0.5) is 15.9 Å². The van der Waals surface area contributed by atoms with Crippen LogP contribution in [0.1, 0.15) is 25.0 Å². The van der Waals surface area contributed by atoms with Gasteiger partial charge < -0.3 is 9.64 Å². The first-order chi connectivity index (χ1) is 13.7. The lowest BCUT2D eigenvalue weighted by atomic mass is 10.0. The van der Waals surface area contributed by atoms with Crippen LogP contribution in [-0.4, -0.2) is 43.6 Å². The number of ether oxygens (including phenoxy) is 1. The summed E-state index contributed by atoms with van der Waals surface area (Å²) in [7, 11) is -3.60. The largest absolute Gasteiger partial charge is 0.474 e. The van der Waals surface area contributed by atoms with Crippen molar-refractivity contribution in [3.05, 3.63) is 47.3 Å². The van der Waals surface area contributed by atoms with Gasteiger partial charge in [0.05, 0.1) is 11.8 Å². The minimum Gasteiger partial charge on any atom is -0.474 e. The third-order valence-corrected chi connectivity index (χ3v) is 6.03. The zero-order valence-electron chi connectivity index (χ0n) is 16.0. The Bertz CT molecular complexity index is 1010. The number of carbonyl (C=O) groups is 1. The van der Waals surface area contributed by atoms with E-state index in [-0.39, 0.29) is 54.1 Å². The molecule has 0 fully saturated rings. The molecule has 7 nitrogen and oxygen atoms in total. The molecular formula is C19H21ClFN3O4S. The third-order valence-electron chi connectivity index (χ3n) is 4.53. The Labute approximate surface area is 173 Å². The Kier molecular flexibility index (Phi) is 6.28. The molecule has 10 heteroatoms. The molecule has 2 aromatic rings.